The quantitative estimate of drug-likeness (QED) is 0.697. The van der Waals surface area contributed by atoms with Gasteiger partial charge in [0.15, 0.2) is 0 Å². The molecule has 1 atom stereocenters. The number of benzene rings is 1. The fourth-order valence-electron chi connectivity index (χ4n) is 3.18. The van der Waals surface area contributed by atoms with E-state index in [-0.39, 0.29) is 12.1 Å². The van der Waals surface area contributed by atoms with E-state index >= 15 is 0 Å². The molecule has 3 nitrogen and oxygen atoms in total. The molecule has 0 radical (unpaired) electrons. The summed E-state index contributed by atoms with van der Waals surface area (Å²) in [7, 11) is 1.92. The van der Waals surface area contributed by atoms with E-state index in [4.69, 9.17) is 0 Å². The molecule has 1 aromatic rings. The van der Waals surface area contributed by atoms with Crippen LogP contribution in [0.25, 0.3) is 0 Å². The summed E-state index contributed by atoms with van der Waals surface area (Å²) in [4.78, 5) is 17.1. The number of rotatable bonds is 7. The van der Waals surface area contributed by atoms with Gasteiger partial charge >= 0.3 is 0 Å². The maximum atomic E-state index is 12.8. The van der Waals surface area contributed by atoms with Crippen molar-refractivity contribution < 1.29 is 4.79 Å². The van der Waals surface area contributed by atoms with Crippen LogP contribution in [0.15, 0.2) is 66.8 Å². The van der Waals surface area contributed by atoms with E-state index in [0.29, 0.717) is 6.42 Å². The van der Waals surface area contributed by atoms with Crippen LogP contribution >= 0.6 is 0 Å². The van der Waals surface area contributed by atoms with Crippen LogP contribution in [0.5, 0.6) is 0 Å². The number of allylic oxidation sites excluding steroid dienone is 4. The maximum absolute atomic E-state index is 12.8. The fraction of sp³-hybridized carbons (Fsp3) is 0.381. The van der Waals surface area contributed by atoms with Crippen molar-refractivity contribution in [2.75, 3.05) is 20.1 Å². The van der Waals surface area contributed by atoms with E-state index in [1.54, 1.807) is 6.08 Å². The van der Waals surface area contributed by atoms with Crippen LogP contribution in [0.4, 0.5) is 0 Å². The molecule has 2 rings (SSSR count). The third-order valence-electron chi connectivity index (χ3n) is 4.52. The van der Waals surface area contributed by atoms with Crippen molar-refractivity contribution in [1.82, 2.24) is 9.80 Å². The van der Waals surface area contributed by atoms with E-state index < -0.39 is 0 Å². The predicted octanol–water partition coefficient (Wildman–Crippen LogP) is 4.32. The zero-order valence-electron chi connectivity index (χ0n) is 14.8. The lowest BCUT2D eigenvalue weighted by molar-refractivity contribution is -0.135. The van der Waals surface area contributed by atoms with Crippen LogP contribution in [0.3, 0.4) is 0 Å². The van der Waals surface area contributed by atoms with Crippen LogP contribution in [-0.2, 0) is 4.79 Å². The summed E-state index contributed by atoms with van der Waals surface area (Å²) in [5.41, 5.74) is 2.19. The molecule has 1 aromatic carbocycles. The van der Waals surface area contributed by atoms with Gasteiger partial charge in [0.25, 0.3) is 0 Å². The molecule has 1 unspecified atom stereocenters. The van der Waals surface area contributed by atoms with E-state index in [9.17, 15) is 4.79 Å². The van der Waals surface area contributed by atoms with Gasteiger partial charge in [0.1, 0.15) is 6.17 Å². The Balaban J connectivity index is 2.17. The highest BCUT2D eigenvalue weighted by Gasteiger charge is 2.29. The first-order valence-corrected chi connectivity index (χ1v) is 8.66. The first-order chi connectivity index (χ1) is 11.7. The minimum atomic E-state index is 0.0164. The SMILES string of the molecule is C=C/C=C\C(=C/C)CC(=O)N(C)C(c1ccccc1)N1CCCC1. The zero-order chi connectivity index (χ0) is 17.4. The number of carbonyl (C=O) groups is 1. The van der Waals surface area contributed by atoms with Crippen molar-refractivity contribution in [3.05, 3.63) is 72.4 Å². The standard InChI is InChI=1S/C21H28N2O/c1-4-6-12-18(5-2)17-20(24)22(3)21(23-15-10-11-16-23)19-13-8-7-9-14-19/h4-9,12-14,21H,1,10-11,15-17H2,2-3H3/b12-6-,18-5+. The van der Waals surface area contributed by atoms with Crippen LogP contribution in [0.2, 0.25) is 0 Å². The van der Waals surface area contributed by atoms with Crippen molar-refractivity contribution in [3.63, 3.8) is 0 Å². The molecular formula is C21H28N2O. The molecule has 0 spiro atoms. The van der Waals surface area contributed by atoms with Crippen molar-refractivity contribution in [1.29, 1.82) is 0 Å². The molecule has 1 aliphatic rings. The Hall–Kier alpha value is -2.13. The highest BCUT2D eigenvalue weighted by atomic mass is 16.2. The number of likely N-dealkylation sites (tertiary alicyclic amines) is 1. The third kappa shape index (κ3) is 4.68. The summed E-state index contributed by atoms with van der Waals surface area (Å²) >= 11 is 0. The van der Waals surface area contributed by atoms with Crippen molar-refractivity contribution in [3.8, 4) is 0 Å². The number of nitrogens with zero attached hydrogens (tertiary/aromatic N) is 2. The van der Waals surface area contributed by atoms with E-state index in [1.165, 1.54) is 18.4 Å². The molecule has 1 heterocycles. The summed E-state index contributed by atoms with van der Waals surface area (Å²) in [6.45, 7) is 7.74. The van der Waals surface area contributed by atoms with Crippen molar-refractivity contribution in [2.45, 2.75) is 32.4 Å². The lowest BCUT2D eigenvalue weighted by atomic mass is 10.1. The second-order valence-electron chi connectivity index (χ2n) is 6.17. The van der Waals surface area contributed by atoms with Gasteiger partial charge in [-0.25, -0.2) is 0 Å². The minimum Gasteiger partial charge on any atom is -0.325 e. The lowest BCUT2D eigenvalue weighted by Crippen LogP contribution is -2.41. The van der Waals surface area contributed by atoms with Gasteiger partial charge in [-0.15, -0.1) is 0 Å². The summed E-state index contributed by atoms with van der Waals surface area (Å²) in [5.74, 6) is 0.137. The van der Waals surface area contributed by atoms with Gasteiger partial charge in [0, 0.05) is 20.1 Å². The van der Waals surface area contributed by atoms with Crippen LogP contribution < -0.4 is 0 Å². The molecule has 0 bridgehead atoms. The minimum absolute atomic E-state index is 0.0164. The molecule has 1 amide bonds. The first kappa shape index (κ1) is 18.2. The second kappa shape index (κ2) is 9.24. The second-order valence-corrected chi connectivity index (χ2v) is 6.17. The molecule has 128 valence electrons. The van der Waals surface area contributed by atoms with Crippen molar-refractivity contribution >= 4 is 5.91 Å². The Morgan fingerprint density at radius 2 is 1.96 bits per heavy atom. The lowest BCUT2D eigenvalue weighted by Gasteiger charge is -2.36. The molecule has 1 aliphatic heterocycles. The topological polar surface area (TPSA) is 23.6 Å². The Morgan fingerprint density at radius 3 is 2.54 bits per heavy atom. The zero-order valence-corrected chi connectivity index (χ0v) is 14.8. The number of hydrogen-bond donors (Lipinski definition) is 0. The normalized spacial score (nSPS) is 17.2. The maximum Gasteiger partial charge on any atom is 0.228 e. The average Bonchev–Trinajstić information content (AvgIpc) is 3.13. The number of amides is 1. The number of carbonyl (C=O) groups excluding carboxylic acids is 1. The smallest absolute Gasteiger partial charge is 0.228 e. The van der Waals surface area contributed by atoms with Crippen LogP contribution in [0.1, 0.15) is 37.9 Å². The van der Waals surface area contributed by atoms with Gasteiger partial charge in [0.2, 0.25) is 5.91 Å². The summed E-state index contributed by atoms with van der Waals surface area (Å²) in [6.07, 6.45) is 10.4. The van der Waals surface area contributed by atoms with Gasteiger partial charge < -0.3 is 4.90 Å². The molecule has 0 aromatic heterocycles. The number of hydrogen-bond acceptors (Lipinski definition) is 2. The summed E-state index contributed by atoms with van der Waals surface area (Å²) < 4.78 is 0. The highest BCUT2D eigenvalue weighted by molar-refractivity contribution is 5.79. The van der Waals surface area contributed by atoms with E-state index in [1.807, 2.05) is 55.3 Å². The largest absolute Gasteiger partial charge is 0.325 e. The third-order valence-corrected chi connectivity index (χ3v) is 4.52. The molecule has 24 heavy (non-hydrogen) atoms. The van der Waals surface area contributed by atoms with Gasteiger partial charge in [0.05, 0.1) is 6.42 Å². The Kier molecular flexibility index (Phi) is 7.01. The molecular weight excluding hydrogens is 296 g/mol. The molecule has 1 fully saturated rings. The highest BCUT2D eigenvalue weighted by Crippen LogP contribution is 2.28. The van der Waals surface area contributed by atoms with E-state index in [2.05, 4.69) is 23.6 Å². The molecule has 0 saturated carbocycles. The Labute approximate surface area is 146 Å². The summed E-state index contributed by atoms with van der Waals surface area (Å²) in [6, 6.07) is 10.3. The summed E-state index contributed by atoms with van der Waals surface area (Å²) in [5, 5.41) is 0. The predicted molar refractivity (Wildman–Crippen MR) is 100 cm³/mol. The average molecular weight is 324 g/mol. The van der Waals surface area contributed by atoms with Gasteiger partial charge in [-0.05, 0) is 30.9 Å². The molecule has 1 saturated heterocycles. The van der Waals surface area contributed by atoms with Gasteiger partial charge in [-0.3, -0.25) is 9.69 Å². The molecule has 3 heteroatoms. The first-order valence-electron chi connectivity index (χ1n) is 8.66. The van der Waals surface area contributed by atoms with Crippen molar-refractivity contribution in [2.24, 2.45) is 0 Å². The van der Waals surface area contributed by atoms with Gasteiger partial charge in [-0.1, -0.05) is 61.2 Å². The van der Waals surface area contributed by atoms with Crippen LogP contribution in [0, 0.1) is 0 Å². The van der Waals surface area contributed by atoms with Crippen LogP contribution in [-0.4, -0.2) is 35.8 Å². The molecule has 0 aliphatic carbocycles. The Bertz CT molecular complexity index is 598. The Morgan fingerprint density at radius 1 is 1.29 bits per heavy atom. The van der Waals surface area contributed by atoms with E-state index in [0.717, 1.165) is 18.7 Å². The molecule has 0 N–H and O–H groups in total. The fourth-order valence-corrected chi connectivity index (χ4v) is 3.18. The monoisotopic (exact) mass is 324 g/mol. The van der Waals surface area contributed by atoms with Gasteiger partial charge in [-0.2, -0.15) is 0 Å².